The van der Waals surface area contributed by atoms with Crippen LogP contribution in [0.25, 0.3) is 67.3 Å². The summed E-state index contributed by atoms with van der Waals surface area (Å²) in [4.78, 5) is 97.5. The lowest BCUT2D eigenvalue weighted by Crippen LogP contribution is -2.41. The number of carbonyl (C=O) groups is 4. The number of benzene rings is 8. The summed E-state index contributed by atoms with van der Waals surface area (Å²) in [6.07, 6.45) is 21.0. The van der Waals surface area contributed by atoms with E-state index in [-0.39, 0.29) is 72.0 Å². The van der Waals surface area contributed by atoms with Crippen molar-refractivity contribution < 1.29 is 166 Å². The fraction of sp³-hybridized carbons (Fsp3) is 0.347. The highest BCUT2D eigenvalue weighted by Crippen LogP contribution is 2.41. The summed E-state index contributed by atoms with van der Waals surface area (Å²) in [7, 11) is 0. The van der Waals surface area contributed by atoms with E-state index in [4.69, 9.17) is 166 Å². The van der Waals surface area contributed by atoms with Crippen LogP contribution < -0.4 is 21.3 Å². The van der Waals surface area contributed by atoms with Gasteiger partial charge in [0.05, 0.1) is 71.7 Å². The Bertz CT molecular complexity index is 4970. The zero-order valence-electron chi connectivity index (χ0n) is 80.6. The molecule has 0 radical (unpaired) electrons. The van der Waals surface area contributed by atoms with Gasteiger partial charge in [-0.25, -0.2) is 19.9 Å². The average Bonchev–Trinajstić information content (AvgIpc) is 1.66. The normalized spacial score (nSPS) is 14.5. The van der Waals surface area contributed by atoms with Crippen LogP contribution in [0, 0.1) is 0 Å². The lowest BCUT2D eigenvalue weighted by atomic mass is 10.0. The summed E-state index contributed by atoms with van der Waals surface area (Å²) < 4.78 is 256. The van der Waals surface area contributed by atoms with Crippen LogP contribution in [-0.4, -0.2) is 135 Å². The number of carbonyl (C=O) groups excluding carboxylic acids is 4. The largest absolute Gasteiger partial charge is 0.340 e. The number of hydrogen-bond donors (Lipinski definition) is 8. The predicted octanol–water partition coefficient (Wildman–Crippen LogP) is 32.1. The Morgan fingerprint density at radius 2 is 0.413 bits per heavy atom. The maximum atomic E-state index is 14.1. The number of H-pyrrole nitrogens is 4. The average molecular weight is 2190 g/mol. The van der Waals surface area contributed by atoms with Crippen molar-refractivity contribution in [3.8, 4) is 67.3 Å². The van der Waals surface area contributed by atoms with Gasteiger partial charge in [-0.15, -0.1) is 0 Å². The summed E-state index contributed by atoms with van der Waals surface area (Å²) in [5, 5.41) is 14.0. The molecule has 832 valence electrons. The van der Waals surface area contributed by atoms with Crippen molar-refractivity contribution in [3.05, 3.63) is 289 Å². The van der Waals surface area contributed by atoms with Gasteiger partial charge in [-0.2, -0.15) is 0 Å². The molecular weight excluding hydrogens is 2070 g/mol. The van der Waals surface area contributed by atoms with Gasteiger partial charge in [0.1, 0.15) is 47.5 Å². The molecule has 8 atom stereocenters. The van der Waals surface area contributed by atoms with Gasteiger partial charge in [0.15, 0.2) is 0 Å². The fourth-order valence-electron chi connectivity index (χ4n) is 17.3. The quantitative estimate of drug-likeness (QED) is 0.0145. The van der Waals surface area contributed by atoms with Gasteiger partial charge in [0.25, 0.3) is 0 Å². The molecule has 0 aliphatic carbocycles. The second-order valence-corrected chi connectivity index (χ2v) is 31.7. The number of nitrogens with one attached hydrogen (secondary N) is 8. The van der Waals surface area contributed by atoms with Crippen molar-refractivity contribution in [1.82, 2.24) is 80.7 Å². The molecule has 0 saturated carbocycles. The first-order valence-corrected chi connectivity index (χ1v) is 45.3. The molecule has 0 spiro atoms. The second kappa shape index (κ2) is 86.0. The minimum atomic E-state index is -0.374. The van der Waals surface area contributed by atoms with Crippen LogP contribution in [0.15, 0.2) is 243 Å². The van der Waals surface area contributed by atoms with E-state index in [0.29, 0.717) is 0 Å². The number of halogens is 32. The first kappa shape index (κ1) is 138. The predicted molar refractivity (Wildman–Crippen MR) is 503 cm³/mol. The summed E-state index contributed by atoms with van der Waals surface area (Å²) in [6.45, 7) is 14.6. The summed E-state index contributed by atoms with van der Waals surface area (Å²) in [6, 6.07) is 72.4. The number of nitrogens with zero attached hydrogens (tertiary/aromatic N) is 8. The van der Waals surface area contributed by atoms with E-state index in [9.17, 15) is 19.2 Å². The van der Waals surface area contributed by atoms with Crippen LogP contribution in [0.2, 0.25) is 0 Å². The molecule has 16 rings (SSSR count). The van der Waals surface area contributed by atoms with Crippen molar-refractivity contribution in [2.75, 3.05) is 52.4 Å². The van der Waals surface area contributed by atoms with Crippen molar-refractivity contribution in [3.63, 3.8) is 0 Å². The Kier molecular flexibility index (Phi) is 79.1. The molecule has 4 aliphatic rings. The minimum Gasteiger partial charge on any atom is -0.340 e. The molecular formula is C98H112F32N16O4. The second-order valence-electron chi connectivity index (χ2n) is 31.7. The van der Waals surface area contributed by atoms with E-state index in [2.05, 4.69) is 166 Å². The van der Waals surface area contributed by atoms with Crippen LogP contribution in [0.3, 0.4) is 0 Å². The minimum absolute atomic E-state index is 0.0842. The topological polar surface area (TPSA) is 244 Å². The van der Waals surface area contributed by atoms with Gasteiger partial charge in [0, 0.05) is 173 Å². The molecule has 4 aromatic heterocycles. The molecule has 2 unspecified atom stereocenters. The van der Waals surface area contributed by atoms with Crippen LogP contribution in [0.4, 0.5) is 146 Å². The van der Waals surface area contributed by atoms with Crippen LogP contribution in [0.5, 0.6) is 0 Å². The molecule has 4 aliphatic heterocycles. The molecule has 4 saturated heterocycles. The van der Waals surface area contributed by atoms with Gasteiger partial charge in [0.2, 0.25) is 23.6 Å². The van der Waals surface area contributed by atoms with E-state index in [1.54, 1.807) is 0 Å². The number of aromatic amines is 4. The summed E-state index contributed by atoms with van der Waals surface area (Å²) >= 11 is 0. The molecule has 150 heavy (non-hydrogen) atoms. The van der Waals surface area contributed by atoms with Crippen LogP contribution in [-0.2, 0) is 19.2 Å². The van der Waals surface area contributed by atoms with E-state index in [1.165, 1.54) is 0 Å². The molecule has 8 heterocycles. The fourth-order valence-corrected chi connectivity index (χ4v) is 17.3. The SMILES string of the molecule is CCCCN[C@@H](C(=O)N1CCCC1c1ncc(-c2ccc(-c3ccc(-c4cnc([C@@H]5CCCN5C(=O)[C@H](NCCCC)c5ccccc5)[nH]4)cc3)cc2)[nH]1)c1ccccc1.CCCN[C@@H](C(=O)N1CCCC1c1ncc(-c2ccc(-c3ccc(-c4cnc([C@@H]5CCCN5C(=O)[C@H](NCCC)c5ccccc5)[nH]4)cc3)cc2)[nH]1)c1ccccc1.FF.FF.FF.FF.FF.FF.FF.FF.FF.FF.FF.FF.FF.FF.FF.FF. The van der Waals surface area contributed by atoms with E-state index in [0.717, 1.165) is 255 Å². The van der Waals surface area contributed by atoms with Crippen LogP contribution >= 0.6 is 0 Å². The summed E-state index contributed by atoms with van der Waals surface area (Å²) in [5.74, 6) is 3.75. The number of aromatic nitrogens is 8. The maximum absolute atomic E-state index is 14.1. The first-order valence-electron chi connectivity index (χ1n) is 45.3. The van der Waals surface area contributed by atoms with Crippen molar-refractivity contribution >= 4 is 23.6 Å². The molecule has 0 bridgehead atoms. The Morgan fingerprint density at radius 3 is 0.580 bits per heavy atom. The maximum Gasteiger partial charge on any atom is 0.244 e. The van der Waals surface area contributed by atoms with Crippen molar-refractivity contribution in [1.29, 1.82) is 0 Å². The number of amides is 4. The van der Waals surface area contributed by atoms with Gasteiger partial charge < -0.3 is 60.8 Å². The van der Waals surface area contributed by atoms with Gasteiger partial charge >= 0.3 is 0 Å². The smallest absolute Gasteiger partial charge is 0.244 e. The number of imidazole rings is 4. The van der Waals surface area contributed by atoms with Gasteiger partial charge in [-0.05, 0) is 170 Å². The number of likely N-dealkylation sites (tertiary alicyclic amines) is 4. The number of rotatable bonds is 32. The number of unbranched alkanes of at least 4 members (excludes halogenated alkanes) is 2. The van der Waals surface area contributed by atoms with Gasteiger partial charge in [-0.1, -0.05) is 259 Å². The molecule has 12 aromatic rings. The molecule has 8 aromatic carbocycles. The lowest BCUT2D eigenvalue weighted by Gasteiger charge is -2.29. The Morgan fingerprint density at radius 1 is 0.247 bits per heavy atom. The standard InChI is InChI=1S/C50H58N8O2.C48H54N8O2.16F2/c1-3-5-29-51-45(39-15-9-7-10-16-39)49(59)57-31-13-19-43(57)47-53-33-41(55-47)37-25-21-35(22-26-37)36-23-27-38(28-24-36)42-34-54-48(56-42)44-20-14-32-58(44)50(60)46(52-30-6-4-2)40-17-11-8-12-18-40;1-3-27-49-43(37-13-7-5-8-14-37)47(57)55-29-11-17-41(55)45-51-31-39(53-45)35-23-19-33(20-24-35)34-21-25-36(26-22-34)40-32-52-46(54-40)42-18-12-30-56(42)48(58)44(50-28-4-2)38-15-9-6-10-16-38;16*1-2/h7-12,15-18,21-28,33-34,43-46,51-52H,3-6,13-14,19-20,29-32H2,1-2H3,(H,53,55)(H,54,56);5-10,13-16,19-26,31-32,41-44,49-50H,3-4,11-12,17-18,27-30H2,1-2H3,(H,51,53)(H,52,54);;;;;;;;;;;;;;;;/t43-,44?,45+,46+;41-,42?,43+,44+;;;;;;;;;;;;;;;;/m00................/s1. The molecule has 4 fully saturated rings. The molecule has 8 N–H and O–H groups in total. The number of hydrogen-bond acceptors (Lipinski definition) is 12. The third kappa shape index (κ3) is 41.2. The highest BCUT2D eigenvalue weighted by Gasteiger charge is 2.41. The van der Waals surface area contributed by atoms with E-state index < -0.39 is 0 Å². The third-order valence-corrected chi connectivity index (χ3v) is 23.7. The Labute approximate surface area is 841 Å². The first-order chi connectivity index (χ1) is 74.0. The third-order valence-electron chi connectivity index (χ3n) is 23.7. The highest BCUT2D eigenvalue weighted by atomic mass is 20.0. The Hall–Kier alpha value is -13.9. The monoisotopic (exact) mass is 2180 g/mol. The van der Waals surface area contributed by atoms with Crippen molar-refractivity contribution in [2.45, 2.75) is 166 Å². The van der Waals surface area contributed by atoms with Crippen molar-refractivity contribution in [2.24, 2.45) is 0 Å². The molecule has 4 amide bonds. The van der Waals surface area contributed by atoms with Gasteiger partial charge in [-0.3, -0.25) is 19.2 Å². The zero-order valence-corrected chi connectivity index (χ0v) is 80.6. The van der Waals surface area contributed by atoms with E-state index in [1.807, 2.05) is 166 Å². The summed E-state index contributed by atoms with van der Waals surface area (Å²) in [5.41, 5.74) is 16.4. The van der Waals surface area contributed by atoms with Crippen LogP contribution in [0.1, 0.15) is 211 Å². The highest BCUT2D eigenvalue weighted by molar-refractivity contribution is 5.87. The molecule has 20 nitrogen and oxygen atoms in total. The van der Waals surface area contributed by atoms with E-state index >= 15 is 0 Å². The molecule has 52 heteroatoms. The zero-order chi connectivity index (χ0) is 113. The Balaban J connectivity index is 0. The lowest BCUT2D eigenvalue weighted by molar-refractivity contribution is -0.135.